The highest BCUT2D eigenvalue weighted by molar-refractivity contribution is 6.04. The zero-order valence-electron chi connectivity index (χ0n) is 16.1. The fraction of sp³-hybridized carbons (Fsp3) is 0.476. The van der Waals surface area contributed by atoms with Crippen molar-refractivity contribution in [1.29, 1.82) is 0 Å². The van der Waals surface area contributed by atoms with Crippen molar-refractivity contribution in [2.24, 2.45) is 0 Å². The van der Waals surface area contributed by atoms with E-state index in [4.69, 9.17) is 0 Å². The molecule has 0 saturated carbocycles. The van der Waals surface area contributed by atoms with Crippen LogP contribution in [0, 0.1) is 0 Å². The normalized spacial score (nSPS) is 14.3. The Labute approximate surface area is 155 Å². The summed E-state index contributed by atoms with van der Waals surface area (Å²) in [4.78, 5) is 23.9. The number of nitrogens with zero attached hydrogens (tertiary/aromatic N) is 3. The van der Waals surface area contributed by atoms with Crippen molar-refractivity contribution >= 4 is 17.5 Å². The van der Waals surface area contributed by atoms with Gasteiger partial charge in [0.05, 0.1) is 0 Å². The number of hydrogen-bond acceptors (Lipinski definition) is 4. The Balaban J connectivity index is 1.89. The van der Waals surface area contributed by atoms with Crippen LogP contribution in [0.4, 0.5) is 11.6 Å². The molecule has 138 valence electrons. The SMILES string of the molecule is CC(C)c1cccc(C(C)C)c1NC(=O)c1ccnc(N2CCCC2)n1. The third-order valence-corrected chi connectivity index (χ3v) is 4.88. The van der Waals surface area contributed by atoms with Gasteiger partial charge in [-0.05, 0) is 41.9 Å². The summed E-state index contributed by atoms with van der Waals surface area (Å²) in [5, 5.41) is 3.13. The predicted octanol–water partition coefficient (Wildman–Crippen LogP) is 4.58. The molecule has 1 aromatic carbocycles. The first-order valence-corrected chi connectivity index (χ1v) is 9.49. The van der Waals surface area contributed by atoms with Gasteiger partial charge in [-0.2, -0.15) is 0 Å². The molecule has 0 radical (unpaired) electrons. The van der Waals surface area contributed by atoms with Crippen molar-refractivity contribution in [1.82, 2.24) is 9.97 Å². The van der Waals surface area contributed by atoms with E-state index < -0.39 is 0 Å². The third kappa shape index (κ3) is 3.87. The summed E-state index contributed by atoms with van der Waals surface area (Å²) < 4.78 is 0. The van der Waals surface area contributed by atoms with Gasteiger partial charge in [-0.25, -0.2) is 9.97 Å². The number of anilines is 2. The summed E-state index contributed by atoms with van der Waals surface area (Å²) in [5.41, 5.74) is 3.63. The van der Waals surface area contributed by atoms with Crippen molar-refractivity contribution in [3.8, 4) is 0 Å². The Morgan fingerprint density at radius 2 is 1.65 bits per heavy atom. The molecular weight excluding hydrogens is 324 g/mol. The van der Waals surface area contributed by atoms with Crippen molar-refractivity contribution < 1.29 is 4.79 Å². The summed E-state index contributed by atoms with van der Waals surface area (Å²) in [5.74, 6) is 1.13. The quantitative estimate of drug-likeness (QED) is 0.856. The summed E-state index contributed by atoms with van der Waals surface area (Å²) in [6, 6.07) is 7.92. The van der Waals surface area contributed by atoms with E-state index in [1.807, 2.05) is 0 Å². The summed E-state index contributed by atoms with van der Waals surface area (Å²) >= 11 is 0. The second-order valence-electron chi connectivity index (χ2n) is 7.51. The maximum atomic E-state index is 12.9. The van der Waals surface area contributed by atoms with Crippen LogP contribution in [0.5, 0.6) is 0 Å². The molecule has 2 heterocycles. The van der Waals surface area contributed by atoms with E-state index in [2.05, 4.69) is 66.1 Å². The second-order valence-corrected chi connectivity index (χ2v) is 7.51. The zero-order valence-corrected chi connectivity index (χ0v) is 16.1. The average molecular weight is 352 g/mol. The van der Waals surface area contributed by atoms with E-state index in [0.29, 0.717) is 23.5 Å². The van der Waals surface area contributed by atoms with Gasteiger partial charge < -0.3 is 10.2 Å². The van der Waals surface area contributed by atoms with Crippen molar-refractivity contribution in [2.75, 3.05) is 23.3 Å². The highest BCUT2D eigenvalue weighted by Crippen LogP contribution is 2.32. The first-order valence-electron chi connectivity index (χ1n) is 9.49. The Bertz CT molecular complexity index is 753. The third-order valence-electron chi connectivity index (χ3n) is 4.88. The number of nitrogens with one attached hydrogen (secondary N) is 1. The highest BCUT2D eigenvalue weighted by Gasteiger charge is 2.20. The molecule has 0 bridgehead atoms. The summed E-state index contributed by atoms with van der Waals surface area (Å²) in [6.07, 6.45) is 3.98. The molecule has 0 spiro atoms. The molecule has 0 atom stereocenters. The monoisotopic (exact) mass is 352 g/mol. The zero-order chi connectivity index (χ0) is 18.7. The van der Waals surface area contributed by atoms with Crippen molar-refractivity contribution in [3.05, 3.63) is 47.3 Å². The topological polar surface area (TPSA) is 58.1 Å². The average Bonchev–Trinajstić information content (AvgIpc) is 3.16. The lowest BCUT2D eigenvalue weighted by Gasteiger charge is -2.20. The fourth-order valence-corrected chi connectivity index (χ4v) is 3.42. The van der Waals surface area contributed by atoms with E-state index in [1.165, 1.54) is 0 Å². The Morgan fingerprint density at radius 1 is 1.04 bits per heavy atom. The van der Waals surface area contributed by atoms with E-state index in [1.54, 1.807) is 12.3 Å². The lowest BCUT2D eigenvalue weighted by atomic mass is 9.92. The fourth-order valence-electron chi connectivity index (χ4n) is 3.42. The Hall–Kier alpha value is -2.43. The molecule has 26 heavy (non-hydrogen) atoms. The van der Waals surface area contributed by atoms with Gasteiger partial charge in [0.1, 0.15) is 5.69 Å². The number of aromatic nitrogens is 2. The van der Waals surface area contributed by atoms with Crippen LogP contribution < -0.4 is 10.2 Å². The van der Waals surface area contributed by atoms with Gasteiger partial charge in [0.15, 0.2) is 0 Å². The first-order chi connectivity index (χ1) is 12.5. The molecular formula is C21H28N4O. The Kier molecular flexibility index (Phi) is 5.55. The van der Waals surface area contributed by atoms with Crippen molar-refractivity contribution in [3.63, 3.8) is 0 Å². The van der Waals surface area contributed by atoms with Gasteiger partial charge in [0.2, 0.25) is 5.95 Å². The molecule has 1 amide bonds. The Morgan fingerprint density at radius 3 is 2.23 bits per heavy atom. The first kappa shape index (κ1) is 18.4. The van der Waals surface area contributed by atoms with Crippen LogP contribution in [-0.2, 0) is 0 Å². The van der Waals surface area contributed by atoms with Gasteiger partial charge in [-0.3, -0.25) is 4.79 Å². The number of hydrogen-bond donors (Lipinski definition) is 1. The maximum Gasteiger partial charge on any atom is 0.274 e. The lowest BCUT2D eigenvalue weighted by Crippen LogP contribution is -2.23. The number of amides is 1. The van der Waals surface area contributed by atoms with Gasteiger partial charge in [0, 0.05) is 25.0 Å². The minimum absolute atomic E-state index is 0.178. The van der Waals surface area contributed by atoms with Crippen LogP contribution in [0.3, 0.4) is 0 Å². The number of carbonyl (C=O) groups is 1. The predicted molar refractivity (Wildman–Crippen MR) is 106 cm³/mol. The minimum atomic E-state index is -0.178. The van der Waals surface area contributed by atoms with E-state index in [0.717, 1.165) is 42.7 Å². The number of benzene rings is 1. The highest BCUT2D eigenvalue weighted by atomic mass is 16.1. The maximum absolute atomic E-state index is 12.9. The molecule has 1 aliphatic rings. The van der Waals surface area contributed by atoms with E-state index >= 15 is 0 Å². The lowest BCUT2D eigenvalue weighted by molar-refractivity contribution is 0.102. The minimum Gasteiger partial charge on any atom is -0.341 e. The standard InChI is InChI=1S/C21H28N4O/c1-14(2)16-8-7-9-17(15(3)4)19(16)24-20(26)18-10-11-22-21(23-18)25-12-5-6-13-25/h7-11,14-15H,5-6,12-13H2,1-4H3,(H,24,26). The van der Waals surface area contributed by atoms with Crippen LogP contribution in [0.1, 0.15) is 74.0 Å². The molecule has 1 N–H and O–H groups in total. The smallest absolute Gasteiger partial charge is 0.274 e. The molecule has 3 rings (SSSR count). The van der Waals surface area contributed by atoms with Gasteiger partial charge >= 0.3 is 0 Å². The summed E-state index contributed by atoms with van der Waals surface area (Å²) in [7, 11) is 0. The van der Waals surface area contributed by atoms with Gasteiger partial charge in [-0.1, -0.05) is 45.9 Å². The molecule has 1 fully saturated rings. The van der Waals surface area contributed by atoms with Crippen LogP contribution in [0.25, 0.3) is 0 Å². The molecule has 1 aliphatic heterocycles. The van der Waals surface area contributed by atoms with Crippen LogP contribution in [0.2, 0.25) is 0 Å². The molecule has 2 aromatic rings. The second kappa shape index (κ2) is 7.85. The van der Waals surface area contributed by atoms with Crippen LogP contribution in [0.15, 0.2) is 30.5 Å². The van der Waals surface area contributed by atoms with Crippen LogP contribution in [-0.4, -0.2) is 29.0 Å². The van der Waals surface area contributed by atoms with Crippen molar-refractivity contribution in [2.45, 2.75) is 52.4 Å². The molecule has 5 heteroatoms. The number of carbonyl (C=O) groups excluding carboxylic acids is 1. The van der Waals surface area contributed by atoms with Crippen LogP contribution >= 0.6 is 0 Å². The number of para-hydroxylation sites is 1. The van der Waals surface area contributed by atoms with Gasteiger partial charge in [0.25, 0.3) is 5.91 Å². The van der Waals surface area contributed by atoms with Gasteiger partial charge in [-0.15, -0.1) is 0 Å². The molecule has 0 aliphatic carbocycles. The van der Waals surface area contributed by atoms with E-state index in [9.17, 15) is 4.79 Å². The number of rotatable bonds is 5. The molecule has 5 nitrogen and oxygen atoms in total. The summed E-state index contributed by atoms with van der Waals surface area (Å²) in [6.45, 7) is 10.5. The molecule has 0 unspecified atom stereocenters. The molecule has 1 aromatic heterocycles. The van der Waals surface area contributed by atoms with E-state index in [-0.39, 0.29) is 5.91 Å². The largest absolute Gasteiger partial charge is 0.341 e. The molecule has 1 saturated heterocycles.